The number of carbonyl (C=O) groups excluding carboxylic acids is 2. The lowest BCUT2D eigenvalue weighted by Gasteiger charge is -2.52. The van der Waals surface area contributed by atoms with Gasteiger partial charge in [0.05, 0.1) is 31.7 Å². The molecule has 0 saturated carbocycles. The van der Waals surface area contributed by atoms with Crippen LogP contribution in [-0.2, 0) is 15.0 Å². The molecule has 7 rings (SSSR count). The van der Waals surface area contributed by atoms with Gasteiger partial charge in [0.25, 0.3) is 0 Å². The normalized spacial score (nSPS) is 27.1. The molecular weight excluding hydrogens is 402 g/mol. The lowest BCUT2D eigenvalue weighted by atomic mass is 9.48. The van der Waals surface area contributed by atoms with Crippen molar-refractivity contribution in [2.24, 2.45) is 11.8 Å². The van der Waals surface area contributed by atoms with E-state index in [2.05, 4.69) is 31.2 Å². The van der Waals surface area contributed by atoms with E-state index in [0.29, 0.717) is 17.2 Å². The first kappa shape index (κ1) is 19.1. The number of benzene rings is 3. The fraction of sp³-hybridized carbons (Fsp3) is 0.259. The molecule has 3 aliphatic carbocycles. The van der Waals surface area contributed by atoms with E-state index in [0.717, 1.165) is 22.3 Å². The molecule has 0 spiro atoms. The Kier molecular flexibility index (Phi) is 3.85. The maximum Gasteiger partial charge on any atom is 0.239 e. The van der Waals surface area contributed by atoms with Gasteiger partial charge in [-0.3, -0.25) is 9.59 Å². The second-order valence-corrected chi connectivity index (χ2v) is 8.91. The largest absolute Gasteiger partial charge is 0.497 e. The fourth-order valence-corrected chi connectivity index (χ4v) is 6.36. The van der Waals surface area contributed by atoms with Gasteiger partial charge in [0, 0.05) is 17.4 Å². The van der Waals surface area contributed by atoms with Crippen molar-refractivity contribution in [2.45, 2.75) is 18.3 Å². The van der Waals surface area contributed by atoms with Crippen molar-refractivity contribution >= 4 is 17.5 Å². The van der Waals surface area contributed by atoms with Crippen LogP contribution in [0.25, 0.3) is 0 Å². The summed E-state index contributed by atoms with van der Waals surface area (Å²) in [5.41, 5.74) is 4.49. The number of ether oxygens (including phenoxy) is 2. The molecule has 160 valence electrons. The molecule has 2 unspecified atom stereocenters. The van der Waals surface area contributed by atoms with Crippen LogP contribution in [0.15, 0.2) is 66.7 Å². The van der Waals surface area contributed by atoms with Crippen LogP contribution in [0.1, 0.15) is 35.1 Å². The average Bonchev–Trinajstić information content (AvgIpc) is 3.10. The van der Waals surface area contributed by atoms with Crippen molar-refractivity contribution in [1.29, 1.82) is 0 Å². The molecule has 1 aliphatic heterocycles. The van der Waals surface area contributed by atoms with E-state index in [9.17, 15) is 9.59 Å². The van der Waals surface area contributed by atoms with Gasteiger partial charge in [-0.15, -0.1) is 0 Å². The predicted octanol–water partition coefficient (Wildman–Crippen LogP) is 4.27. The number of hydrogen-bond acceptors (Lipinski definition) is 4. The summed E-state index contributed by atoms with van der Waals surface area (Å²) in [7, 11) is 3.11. The van der Waals surface area contributed by atoms with Gasteiger partial charge in [0.1, 0.15) is 11.5 Å². The molecule has 1 heterocycles. The van der Waals surface area contributed by atoms with E-state index in [4.69, 9.17) is 9.47 Å². The first-order chi connectivity index (χ1) is 15.5. The van der Waals surface area contributed by atoms with Crippen LogP contribution in [0.2, 0.25) is 0 Å². The van der Waals surface area contributed by atoms with Crippen molar-refractivity contribution in [1.82, 2.24) is 0 Å². The topological polar surface area (TPSA) is 55.8 Å². The molecule has 2 bridgehead atoms. The number of imide groups is 1. The minimum absolute atomic E-state index is 0.139. The second-order valence-electron chi connectivity index (χ2n) is 8.91. The highest BCUT2D eigenvalue weighted by Crippen LogP contribution is 2.64. The molecule has 4 aliphatic rings. The third kappa shape index (κ3) is 2.13. The number of anilines is 1. The molecule has 32 heavy (non-hydrogen) atoms. The van der Waals surface area contributed by atoms with Crippen molar-refractivity contribution in [2.75, 3.05) is 19.1 Å². The Labute approximate surface area is 186 Å². The molecule has 5 heteroatoms. The van der Waals surface area contributed by atoms with E-state index in [-0.39, 0.29) is 17.7 Å². The number of methoxy groups -OCH3 is 2. The van der Waals surface area contributed by atoms with Gasteiger partial charge in [-0.2, -0.15) is 0 Å². The van der Waals surface area contributed by atoms with Gasteiger partial charge in [-0.1, -0.05) is 55.5 Å². The monoisotopic (exact) mass is 425 g/mol. The molecule has 3 aromatic carbocycles. The molecule has 3 aromatic rings. The van der Waals surface area contributed by atoms with Gasteiger partial charge in [-0.05, 0) is 34.4 Å². The fourth-order valence-electron chi connectivity index (χ4n) is 6.36. The van der Waals surface area contributed by atoms with E-state index < -0.39 is 17.3 Å². The first-order valence-corrected chi connectivity index (χ1v) is 10.8. The van der Waals surface area contributed by atoms with E-state index in [1.165, 1.54) is 12.0 Å². The van der Waals surface area contributed by atoms with Crippen LogP contribution >= 0.6 is 0 Å². The minimum atomic E-state index is -0.576. The number of carbonyl (C=O) groups is 2. The Balaban J connectivity index is 1.58. The second kappa shape index (κ2) is 6.45. The molecule has 1 saturated heterocycles. The Morgan fingerprint density at radius 3 is 2.03 bits per heavy atom. The quantitative estimate of drug-likeness (QED) is 0.588. The number of hydrogen-bond donors (Lipinski definition) is 0. The van der Waals surface area contributed by atoms with Crippen LogP contribution in [0, 0.1) is 11.8 Å². The zero-order valence-corrected chi connectivity index (χ0v) is 18.2. The van der Waals surface area contributed by atoms with Gasteiger partial charge in [0.2, 0.25) is 11.8 Å². The van der Waals surface area contributed by atoms with Crippen molar-refractivity contribution in [3.8, 4) is 11.5 Å². The predicted molar refractivity (Wildman–Crippen MR) is 120 cm³/mol. The molecule has 1 fully saturated rings. The number of nitrogens with zero attached hydrogens (tertiary/aromatic N) is 1. The molecule has 2 amide bonds. The zero-order valence-electron chi connectivity index (χ0n) is 18.2. The summed E-state index contributed by atoms with van der Waals surface area (Å²) in [5.74, 6) is -0.324. The van der Waals surface area contributed by atoms with Crippen LogP contribution in [0.3, 0.4) is 0 Å². The van der Waals surface area contributed by atoms with Gasteiger partial charge >= 0.3 is 0 Å². The Morgan fingerprint density at radius 2 is 1.44 bits per heavy atom. The summed E-state index contributed by atoms with van der Waals surface area (Å²) in [6, 6.07) is 21.7. The molecular formula is C27H23NO4. The summed E-state index contributed by atoms with van der Waals surface area (Å²) in [6.07, 6.45) is 0. The highest BCUT2D eigenvalue weighted by Gasteiger charge is 2.66. The number of rotatable bonds is 3. The lowest BCUT2D eigenvalue weighted by molar-refractivity contribution is -0.123. The van der Waals surface area contributed by atoms with E-state index >= 15 is 0 Å². The van der Waals surface area contributed by atoms with E-state index in [1.807, 2.05) is 24.3 Å². The Bertz CT molecular complexity index is 1250. The summed E-state index contributed by atoms with van der Waals surface area (Å²) in [4.78, 5) is 29.3. The maximum absolute atomic E-state index is 14.0. The van der Waals surface area contributed by atoms with Crippen molar-refractivity contribution < 1.29 is 19.1 Å². The Hall–Kier alpha value is -3.60. The average molecular weight is 425 g/mol. The third-order valence-corrected chi connectivity index (χ3v) is 7.67. The summed E-state index contributed by atoms with van der Waals surface area (Å²) < 4.78 is 10.8. The molecule has 0 aromatic heterocycles. The van der Waals surface area contributed by atoms with Gasteiger partial charge in [-0.25, -0.2) is 4.90 Å². The first-order valence-electron chi connectivity index (χ1n) is 10.8. The van der Waals surface area contributed by atoms with Crippen molar-refractivity contribution in [3.05, 3.63) is 89.0 Å². The van der Waals surface area contributed by atoms with E-state index in [1.54, 1.807) is 25.3 Å². The molecule has 5 nitrogen and oxygen atoms in total. The summed E-state index contributed by atoms with van der Waals surface area (Å²) >= 11 is 0. The highest BCUT2D eigenvalue weighted by atomic mass is 16.5. The molecule has 2 atom stereocenters. The lowest BCUT2D eigenvalue weighted by Crippen LogP contribution is -2.51. The summed E-state index contributed by atoms with van der Waals surface area (Å²) in [5, 5.41) is 0. The van der Waals surface area contributed by atoms with Crippen molar-refractivity contribution in [3.63, 3.8) is 0 Å². The zero-order chi connectivity index (χ0) is 22.2. The van der Waals surface area contributed by atoms with Crippen LogP contribution < -0.4 is 14.4 Å². The highest BCUT2D eigenvalue weighted by molar-refractivity contribution is 6.24. The van der Waals surface area contributed by atoms with Gasteiger partial charge in [0.15, 0.2) is 0 Å². The van der Waals surface area contributed by atoms with Gasteiger partial charge < -0.3 is 9.47 Å². The Morgan fingerprint density at radius 1 is 0.812 bits per heavy atom. The third-order valence-electron chi connectivity index (χ3n) is 7.67. The van der Waals surface area contributed by atoms with Crippen LogP contribution in [0.4, 0.5) is 5.69 Å². The van der Waals surface area contributed by atoms with Crippen LogP contribution in [-0.4, -0.2) is 26.0 Å². The standard InChI is InChI=1S/C27H23NO4/c1-27-18-10-6-4-8-16(18)22(17-9-5-7-11-19(17)27)23-24(27)26(30)28(25(23)29)20-13-12-15(31-2)14-21(20)32-3/h4-14,22-24H,1-3H3. The molecule has 0 N–H and O–H groups in total. The minimum Gasteiger partial charge on any atom is -0.497 e. The molecule has 0 radical (unpaired) electrons. The number of amides is 2. The smallest absolute Gasteiger partial charge is 0.239 e. The maximum atomic E-state index is 14.0. The summed E-state index contributed by atoms with van der Waals surface area (Å²) in [6.45, 7) is 2.12. The SMILES string of the molecule is COc1ccc(N2C(=O)C3C4c5ccccc5C(C)(c5ccccc54)C3C2=O)c(OC)c1. The van der Waals surface area contributed by atoms with Crippen LogP contribution in [0.5, 0.6) is 11.5 Å².